The minimum Gasteiger partial charge on any atom is -0.368 e. The number of anilines is 2. The number of hydrogen-bond acceptors (Lipinski definition) is 6. The highest BCUT2D eigenvalue weighted by Gasteiger charge is 2.10. The highest BCUT2D eigenvalue weighted by Crippen LogP contribution is 2.28. The van der Waals surface area contributed by atoms with Crippen LogP contribution < -0.4 is 11.1 Å². The van der Waals surface area contributed by atoms with E-state index in [2.05, 4.69) is 15.3 Å². The summed E-state index contributed by atoms with van der Waals surface area (Å²) in [5.41, 5.74) is 6.84. The molecule has 0 unspecified atom stereocenters. The summed E-state index contributed by atoms with van der Waals surface area (Å²) in [5.74, 6) is 0.855. The topological polar surface area (TPSA) is 80.9 Å². The number of nitrogens with zero attached hydrogens (tertiary/aromatic N) is 2. The smallest absolute Gasteiger partial charge is 0.223 e. The van der Waals surface area contributed by atoms with Crippen LogP contribution >= 0.6 is 11.3 Å². The average Bonchev–Trinajstić information content (AvgIpc) is 2.88. The number of carbonyl (C=O) groups is 1. The van der Waals surface area contributed by atoms with Gasteiger partial charge in [-0.15, -0.1) is 11.3 Å². The van der Waals surface area contributed by atoms with Crippen LogP contribution in [0.3, 0.4) is 0 Å². The van der Waals surface area contributed by atoms with E-state index in [0.717, 1.165) is 22.1 Å². The number of nitrogens with two attached hydrogens (primary N) is 1. The van der Waals surface area contributed by atoms with E-state index in [-0.39, 0.29) is 5.95 Å². The Hall–Kier alpha value is -2.47. The van der Waals surface area contributed by atoms with Gasteiger partial charge in [-0.2, -0.15) is 4.98 Å². The zero-order valence-corrected chi connectivity index (χ0v) is 11.4. The molecular weight excluding hydrogens is 272 g/mol. The Morgan fingerprint density at radius 1 is 1.25 bits per heavy atom. The SMILES string of the molecule is Nc1nc(NCc2ccccc2)c2cc(C=O)sc2n1. The number of nitrogens with one attached hydrogen (secondary N) is 1. The number of aldehydes is 1. The lowest BCUT2D eigenvalue weighted by Crippen LogP contribution is -2.04. The van der Waals surface area contributed by atoms with E-state index in [1.165, 1.54) is 11.3 Å². The molecule has 0 atom stereocenters. The Morgan fingerprint density at radius 3 is 2.80 bits per heavy atom. The molecular formula is C14H12N4OS. The third-order valence-corrected chi connectivity index (χ3v) is 3.80. The second-order valence-electron chi connectivity index (χ2n) is 4.26. The molecule has 3 rings (SSSR count). The van der Waals surface area contributed by atoms with Crippen molar-refractivity contribution in [3.05, 3.63) is 46.8 Å². The highest BCUT2D eigenvalue weighted by atomic mass is 32.1. The van der Waals surface area contributed by atoms with Crippen molar-refractivity contribution < 1.29 is 4.79 Å². The first kappa shape index (κ1) is 12.6. The van der Waals surface area contributed by atoms with Gasteiger partial charge in [-0.1, -0.05) is 30.3 Å². The number of fused-ring (bicyclic) bond motifs is 1. The second kappa shape index (κ2) is 5.26. The van der Waals surface area contributed by atoms with Gasteiger partial charge in [0.05, 0.1) is 10.3 Å². The summed E-state index contributed by atoms with van der Waals surface area (Å²) in [5, 5.41) is 4.06. The van der Waals surface area contributed by atoms with Crippen LogP contribution in [0, 0.1) is 0 Å². The molecule has 0 aliphatic carbocycles. The van der Waals surface area contributed by atoms with Crippen molar-refractivity contribution in [2.75, 3.05) is 11.1 Å². The van der Waals surface area contributed by atoms with Gasteiger partial charge in [-0.3, -0.25) is 4.79 Å². The van der Waals surface area contributed by atoms with Gasteiger partial charge in [0.15, 0.2) is 6.29 Å². The molecule has 0 saturated carbocycles. The van der Waals surface area contributed by atoms with Gasteiger partial charge >= 0.3 is 0 Å². The summed E-state index contributed by atoms with van der Waals surface area (Å²) in [6.45, 7) is 0.638. The summed E-state index contributed by atoms with van der Waals surface area (Å²) < 4.78 is 0. The molecule has 5 nitrogen and oxygen atoms in total. The first-order valence-electron chi connectivity index (χ1n) is 6.06. The van der Waals surface area contributed by atoms with Gasteiger partial charge in [-0.05, 0) is 11.6 Å². The van der Waals surface area contributed by atoms with Gasteiger partial charge < -0.3 is 11.1 Å². The number of benzene rings is 1. The van der Waals surface area contributed by atoms with Crippen molar-refractivity contribution >= 4 is 39.6 Å². The van der Waals surface area contributed by atoms with E-state index in [9.17, 15) is 4.79 Å². The predicted molar refractivity (Wildman–Crippen MR) is 81.0 cm³/mol. The van der Waals surface area contributed by atoms with E-state index in [4.69, 9.17) is 5.73 Å². The number of aromatic nitrogens is 2. The Morgan fingerprint density at radius 2 is 2.05 bits per heavy atom. The van der Waals surface area contributed by atoms with E-state index >= 15 is 0 Å². The maximum atomic E-state index is 10.9. The fourth-order valence-electron chi connectivity index (χ4n) is 1.93. The van der Waals surface area contributed by atoms with Crippen molar-refractivity contribution in [2.24, 2.45) is 0 Å². The molecule has 6 heteroatoms. The molecule has 0 spiro atoms. The molecule has 0 radical (unpaired) electrons. The molecule has 0 bridgehead atoms. The molecule has 3 N–H and O–H groups in total. The second-order valence-corrected chi connectivity index (χ2v) is 5.32. The van der Waals surface area contributed by atoms with Gasteiger partial charge in [0.25, 0.3) is 0 Å². The van der Waals surface area contributed by atoms with Gasteiger partial charge in [0.1, 0.15) is 10.6 Å². The number of thiophene rings is 1. The molecule has 0 fully saturated rings. The Bertz CT molecular complexity index is 754. The Labute approximate surface area is 119 Å². The van der Waals surface area contributed by atoms with Crippen LogP contribution in [0.4, 0.5) is 11.8 Å². The Kier molecular flexibility index (Phi) is 3.30. The zero-order valence-electron chi connectivity index (χ0n) is 10.5. The summed E-state index contributed by atoms with van der Waals surface area (Å²) in [6, 6.07) is 11.8. The maximum absolute atomic E-state index is 10.9. The molecule has 1 aromatic carbocycles. The maximum Gasteiger partial charge on any atom is 0.223 e. The van der Waals surface area contributed by atoms with Crippen molar-refractivity contribution in [3.8, 4) is 0 Å². The largest absolute Gasteiger partial charge is 0.368 e. The lowest BCUT2D eigenvalue weighted by Gasteiger charge is -2.07. The van der Waals surface area contributed by atoms with Crippen LogP contribution in [0.1, 0.15) is 15.2 Å². The lowest BCUT2D eigenvalue weighted by molar-refractivity contribution is 0.112. The van der Waals surface area contributed by atoms with Crippen molar-refractivity contribution in [1.29, 1.82) is 0 Å². The highest BCUT2D eigenvalue weighted by molar-refractivity contribution is 7.20. The Balaban J connectivity index is 1.94. The van der Waals surface area contributed by atoms with Crippen LogP contribution in [-0.2, 0) is 6.54 Å². The normalized spacial score (nSPS) is 10.6. The number of hydrogen-bond donors (Lipinski definition) is 2. The average molecular weight is 284 g/mol. The summed E-state index contributed by atoms with van der Waals surface area (Å²) in [7, 11) is 0. The number of nitrogen functional groups attached to an aromatic ring is 1. The summed E-state index contributed by atoms with van der Waals surface area (Å²) >= 11 is 1.31. The van der Waals surface area contributed by atoms with E-state index in [0.29, 0.717) is 17.2 Å². The first-order chi connectivity index (χ1) is 9.76. The van der Waals surface area contributed by atoms with E-state index in [1.54, 1.807) is 6.07 Å². The van der Waals surface area contributed by atoms with Crippen LogP contribution in [0.5, 0.6) is 0 Å². The van der Waals surface area contributed by atoms with Crippen LogP contribution in [0.2, 0.25) is 0 Å². The molecule has 0 aliphatic heterocycles. The van der Waals surface area contributed by atoms with Gasteiger partial charge in [0, 0.05) is 6.54 Å². The molecule has 0 saturated heterocycles. The quantitative estimate of drug-likeness (QED) is 0.720. The lowest BCUT2D eigenvalue weighted by atomic mass is 10.2. The predicted octanol–water partition coefficient (Wildman–Crippen LogP) is 2.70. The van der Waals surface area contributed by atoms with Crippen LogP contribution in [0.25, 0.3) is 10.2 Å². The third kappa shape index (κ3) is 2.46. The standard InChI is InChI=1S/C14H12N4OS/c15-14-17-12(16-7-9-4-2-1-3-5-9)11-6-10(8-19)20-13(11)18-14/h1-6,8H,7H2,(H3,15,16,17,18). The molecule has 2 aromatic heterocycles. The van der Waals surface area contributed by atoms with Crippen molar-refractivity contribution in [3.63, 3.8) is 0 Å². The van der Waals surface area contributed by atoms with Crippen LogP contribution in [0.15, 0.2) is 36.4 Å². The fourth-order valence-corrected chi connectivity index (χ4v) is 2.78. The molecule has 2 heterocycles. The first-order valence-corrected chi connectivity index (χ1v) is 6.88. The summed E-state index contributed by atoms with van der Waals surface area (Å²) in [4.78, 5) is 20.6. The molecule has 3 aromatic rings. The minimum atomic E-state index is 0.201. The van der Waals surface area contributed by atoms with Crippen molar-refractivity contribution in [2.45, 2.75) is 6.54 Å². The van der Waals surface area contributed by atoms with Crippen molar-refractivity contribution in [1.82, 2.24) is 9.97 Å². The van der Waals surface area contributed by atoms with Crippen LogP contribution in [-0.4, -0.2) is 16.3 Å². The number of carbonyl (C=O) groups excluding carboxylic acids is 1. The monoisotopic (exact) mass is 284 g/mol. The molecule has 100 valence electrons. The third-order valence-electron chi connectivity index (χ3n) is 2.85. The fraction of sp³-hybridized carbons (Fsp3) is 0.0714. The minimum absolute atomic E-state index is 0.201. The number of rotatable bonds is 4. The molecule has 20 heavy (non-hydrogen) atoms. The summed E-state index contributed by atoms with van der Waals surface area (Å²) in [6.07, 6.45) is 0.809. The molecule has 0 aliphatic rings. The van der Waals surface area contributed by atoms with Gasteiger partial charge in [-0.25, -0.2) is 4.98 Å². The van der Waals surface area contributed by atoms with Gasteiger partial charge in [0.2, 0.25) is 5.95 Å². The molecule has 0 amide bonds. The van der Waals surface area contributed by atoms with E-state index in [1.807, 2.05) is 30.3 Å². The zero-order chi connectivity index (χ0) is 13.9. The van der Waals surface area contributed by atoms with E-state index < -0.39 is 0 Å².